The first-order valence-corrected chi connectivity index (χ1v) is 5.45. The molecular weight excluding hydrogens is 306 g/mol. The Bertz CT molecular complexity index is 383. The van der Waals surface area contributed by atoms with Gasteiger partial charge in [0.15, 0.2) is 11.6 Å². The average molecular weight is 316 g/mol. The topological polar surface area (TPSA) is 42.1 Å². The second-order valence-corrected chi connectivity index (χ2v) is 4.20. The maximum Gasteiger partial charge on any atom is 0.405 e. The van der Waals surface area contributed by atoms with Crippen LogP contribution >= 0.6 is 15.9 Å². The molecule has 1 rings (SSSR count). The molecule has 0 spiro atoms. The average Bonchev–Trinajstić information content (AvgIpc) is 2.14. The van der Waals surface area contributed by atoms with Crippen molar-refractivity contribution in [1.82, 2.24) is 4.98 Å². The zero-order chi connectivity index (χ0) is 13.1. The molecule has 1 aromatic heterocycles. The van der Waals surface area contributed by atoms with E-state index in [0.717, 1.165) is 11.0 Å². The van der Waals surface area contributed by atoms with Crippen molar-refractivity contribution >= 4 is 21.7 Å². The van der Waals surface area contributed by atoms with Crippen LogP contribution < -0.4 is 10.6 Å². The summed E-state index contributed by atoms with van der Waals surface area (Å²) in [6.45, 7) is -1.42. The Morgan fingerprint density at radius 3 is 2.53 bits per heavy atom. The lowest BCUT2D eigenvalue weighted by Crippen LogP contribution is -2.38. The van der Waals surface area contributed by atoms with Crippen LogP contribution in [0.3, 0.4) is 0 Å². The van der Waals surface area contributed by atoms with Crippen LogP contribution in [0.25, 0.3) is 0 Å². The van der Waals surface area contributed by atoms with Gasteiger partial charge in [0.25, 0.3) is 0 Å². The number of hydrogen-bond acceptors (Lipinski definition) is 3. The zero-order valence-electron chi connectivity index (χ0n) is 8.64. The van der Waals surface area contributed by atoms with E-state index in [4.69, 9.17) is 5.73 Å². The van der Waals surface area contributed by atoms with Gasteiger partial charge in [0.1, 0.15) is 6.54 Å². The van der Waals surface area contributed by atoms with E-state index in [9.17, 15) is 17.6 Å². The van der Waals surface area contributed by atoms with E-state index >= 15 is 0 Å². The van der Waals surface area contributed by atoms with E-state index in [2.05, 4.69) is 20.9 Å². The number of pyridine rings is 1. The third-order valence-electron chi connectivity index (χ3n) is 1.86. The zero-order valence-corrected chi connectivity index (χ0v) is 10.2. The molecule has 0 atom stereocenters. The van der Waals surface area contributed by atoms with Crippen LogP contribution in [0.5, 0.6) is 0 Å². The van der Waals surface area contributed by atoms with Crippen LogP contribution in [0, 0.1) is 5.82 Å². The summed E-state index contributed by atoms with van der Waals surface area (Å²) >= 11 is 2.98. The molecule has 0 aliphatic rings. The molecule has 0 aromatic carbocycles. The smallest absolute Gasteiger partial charge is 0.344 e. The lowest BCUT2D eigenvalue weighted by molar-refractivity contribution is -0.119. The molecule has 0 bridgehead atoms. The first-order valence-electron chi connectivity index (χ1n) is 4.66. The second kappa shape index (κ2) is 5.63. The van der Waals surface area contributed by atoms with Crippen molar-refractivity contribution in [3.63, 3.8) is 0 Å². The van der Waals surface area contributed by atoms with Gasteiger partial charge in [0.05, 0.1) is 0 Å². The summed E-state index contributed by atoms with van der Waals surface area (Å²) in [5, 5.41) is 0. The minimum atomic E-state index is -4.43. The van der Waals surface area contributed by atoms with E-state index < -0.39 is 18.5 Å². The first kappa shape index (κ1) is 14.2. The summed E-state index contributed by atoms with van der Waals surface area (Å²) < 4.78 is 50.7. The van der Waals surface area contributed by atoms with E-state index in [1.807, 2.05) is 0 Å². The lowest BCUT2D eigenvalue weighted by atomic mass is 10.3. The molecule has 3 nitrogen and oxygen atoms in total. The van der Waals surface area contributed by atoms with Gasteiger partial charge in [0.2, 0.25) is 0 Å². The van der Waals surface area contributed by atoms with Gasteiger partial charge in [-0.2, -0.15) is 13.2 Å². The SMILES string of the molecule is NCCN(CC(F)(F)F)c1ncc(Br)cc1F. The Labute approximate surface area is 104 Å². The molecule has 8 heteroatoms. The number of nitrogens with two attached hydrogens (primary N) is 1. The normalized spacial score (nSPS) is 11.6. The molecule has 0 fully saturated rings. The highest BCUT2D eigenvalue weighted by molar-refractivity contribution is 9.10. The van der Waals surface area contributed by atoms with Gasteiger partial charge >= 0.3 is 6.18 Å². The number of nitrogens with zero attached hydrogens (tertiary/aromatic N) is 2. The summed E-state index contributed by atoms with van der Waals surface area (Å²) in [4.78, 5) is 4.40. The molecule has 0 radical (unpaired) electrons. The van der Waals surface area contributed by atoms with Gasteiger partial charge in [-0.05, 0) is 22.0 Å². The summed E-state index contributed by atoms with van der Waals surface area (Å²) in [6.07, 6.45) is -3.20. The lowest BCUT2D eigenvalue weighted by Gasteiger charge is -2.24. The number of aromatic nitrogens is 1. The van der Waals surface area contributed by atoms with Crippen LogP contribution in [0.2, 0.25) is 0 Å². The number of anilines is 1. The Kier molecular flexibility index (Phi) is 4.70. The Morgan fingerprint density at radius 2 is 2.06 bits per heavy atom. The molecule has 0 aliphatic carbocycles. The number of rotatable bonds is 4. The van der Waals surface area contributed by atoms with Crippen LogP contribution in [0.15, 0.2) is 16.7 Å². The highest BCUT2D eigenvalue weighted by Gasteiger charge is 2.32. The number of hydrogen-bond donors (Lipinski definition) is 1. The van der Waals surface area contributed by atoms with Gasteiger partial charge in [-0.3, -0.25) is 0 Å². The maximum absolute atomic E-state index is 13.5. The highest BCUT2D eigenvalue weighted by Crippen LogP contribution is 2.24. The third kappa shape index (κ3) is 4.47. The van der Waals surface area contributed by atoms with E-state index in [1.54, 1.807) is 0 Å². The minimum Gasteiger partial charge on any atom is -0.344 e. The van der Waals surface area contributed by atoms with Crippen molar-refractivity contribution in [2.45, 2.75) is 6.18 Å². The Balaban J connectivity index is 2.97. The van der Waals surface area contributed by atoms with Crippen molar-refractivity contribution in [3.05, 3.63) is 22.6 Å². The Morgan fingerprint density at radius 1 is 1.41 bits per heavy atom. The Hall–Kier alpha value is -0.890. The van der Waals surface area contributed by atoms with Crippen molar-refractivity contribution in [3.8, 4) is 0 Å². The largest absolute Gasteiger partial charge is 0.405 e. The van der Waals surface area contributed by atoms with E-state index in [1.165, 1.54) is 6.20 Å². The fraction of sp³-hybridized carbons (Fsp3) is 0.444. The van der Waals surface area contributed by atoms with Crippen LogP contribution in [0.1, 0.15) is 0 Å². The van der Waals surface area contributed by atoms with Gasteiger partial charge in [-0.25, -0.2) is 9.37 Å². The quantitative estimate of drug-likeness (QED) is 0.867. The van der Waals surface area contributed by atoms with E-state index in [-0.39, 0.29) is 18.9 Å². The molecule has 0 saturated carbocycles. The summed E-state index contributed by atoms with van der Waals surface area (Å²) in [5.74, 6) is -1.17. The maximum atomic E-state index is 13.5. The summed E-state index contributed by atoms with van der Waals surface area (Å²) in [6, 6.07) is 1.06. The van der Waals surface area contributed by atoms with Gasteiger partial charge in [-0.1, -0.05) is 0 Å². The predicted octanol–water partition coefficient (Wildman–Crippen LogP) is 2.31. The van der Waals surface area contributed by atoms with Gasteiger partial charge in [0, 0.05) is 23.8 Å². The van der Waals surface area contributed by atoms with Crippen LogP contribution in [0.4, 0.5) is 23.4 Å². The summed E-state index contributed by atoms with van der Waals surface area (Å²) in [5.41, 5.74) is 5.20. The van der Waals surface area contributed by atoms with E-state index in [0.29, 0.717) is 4.47 Å². The fourth-order valence-electron chi connectivity index (χ4n) is 1.27. The molecular formula is C9H10BrF4N3. The van der Waals surface area contributed by atoms with Crippen molar-refractivity contribution < 1.29 is 17.6 Å². The third-order valence-corrected chi connectivity index (χ3v) is 2.29. The highest BCUT2D eigenvalue weighted by atomic mass is 79.9. The van der Waals surface area contributed by atoms with Crippen molar-refractivity contribution in [2.24, 2.45) is 5.73 Å². The number of halogens is 5. The molecule has 0 saturated heterocycles. The molecule has 0 aliphatic heterocycles. The van der Waals surface area contributed by atoms with Gasteiger partial charge in [-0.15, -0.1) is 0 Å². The molecule has 0 amide bonds. The molecule has 1 aromatic rings. The van der Waals surface area contributed by atoms with Crippen LogP contribution in [-0.4, -0.2) is 30.8 Å². The second-order valence-electron chi connectivity index (χ2n) is 3.28. The van der Waals surface area contributed by atoms with Gasteiger partial charge < -0.3 is 10.6 Å². The van der Waals surface area contributed by atoms with Crippen LogP contribution in [-0.2, 0) is 0 Å². The summed E-state index contributed by atoms with van der Waals surface area (Å²) in [7, 11) is 0. The first-order chi connectivity index (χ1) is 7.83. The number of alkyl halides is 3. The monoisotopic (exact) mass is 315 g/mol. The molecule has 96 valence electrons. The predicted molar refractivity (Wildman–Crippen MR) is 59.2 cm³/mol. The van der Waals surface area contributed by atoms with Crippen molar-refractivity contribution in [2.75, 3.05) is 24.5 Å². The molecule has 1 heterocycles. The molecule has 2 N–H and O–H groups in total. The minimum absolute atomic E-state index is 0.0206. The molecule has 17 heavy (non-hydrogen) atoms. The fourth-order valence-corrected chi connectivity index (χ4v) is 1.58. The van der Waals surface area contributed by atoms with Crippen molar-refractivity contribution in [1.29, 1.82) is 0 Å². The standard InChI is InChI=1S/C9H10BrF4N3/c10-6-3-7(11)8(16-4-6)17(2-1-15)5-9(12,13)14/h3-4H,1-2,5,15H2. The molecule has 0 unspecified atom stereocenters.